The lowest BCUT2D eigenvalue weighted by Gasteiger charge is -2.34. The number of sulfonamides is 1. The Morgan fingerprint density at radius 1 is 0.872 bits per heavy atom. The summed E-state index contributed by atoms with van der Waals surface area (Å²) in [5.74, 6) is 0.360. The van der Waals surface area contributed by atoms with Crippen molar-refractivity contribution in [1.29, 1.82) is 0 Å². The van der Waals surface area contributed by atoms with Gasteiger partial charge in [0, 0.05) is 17.6 Å². The van der Waals surface area contributed by atoms with Crippen molar-refractivity contribution < 1.29 is 22.7 Å². The standard InChI is InChI=1S/C37H40ClN3O5S/c1-3-35(37(43)39-29-12-8-9-13-29)40(25-28-11-7-10-16-34(28)38)36(42)26-41(47(44,45)33-23-17-27(2)18-24-33)30-19-21-32(22-20-30)46-31-14-5-4-6-15-31/h4-7,10-11,14-24,29,35H,3,8-9,12-13,25-26H2,1-2H3,(H,39,43)/t35-/m1/s1. The Labute approximate surface area is 282 Å². The summed E-state index contributed by atoms with van der Waals surface area (Å²) in [4.78, 5) is 29.6. The summed E-state index contributed by atoms with van der Waals surface area (Å²) in [6.45, 7) is 3.22. The molecule has 0 aliphatic heterocycles. The minimum atomic E-state index is -4.21. The Kier molecular flexibility index (Phi) is 11.2. The number of halogens is 1. The Morgan fingerprint density at radius 2 is 1.49 bits per heavy atom. The molecule has 5 rings (SSSR count). The van der Waals surface area contributed by atoms with Crippen LogP contribution in [-0.2, 0) is 26.2 Å². The predicted molar refractivity (Wildman–Crippen MR) is 185 cm³/mol. The van der Waals surface area contributed by atoms with E-state index < -0.39 is 28.5 Å². The average molecular weight is 674 g/mol. The molecule has 0 spiro atoms. The summed E-state index contributed by atoms with van der Waals surface area (Å²) >= 11 is 6.52. The molecule has 47 heavy (non-hydrogen) atoms. The summed E-state index contributed by atoms with van der Waals surface area (Å²) in [5, 5.41) is 3.58. The van der Waals surface area contributed by atoms with E-state index in [9.17, 15) is 18.0 Å². The summed E-state index contributed by atoms with van der Waals surface area (Å²) < 4.78 is 35.4. The summed E-state index contributed by atoms with van der Waals surface area (Å²) in [6.07, 6.45) is 4.22. The van der Waals surface area contributed by atoms with Gasteiger partial charge in [-0.25, -0.2) is 8.42 Å². The van der Waals surface area contributed by atoms with Crippen LogP contribution >= 0.6 is 11.6 Å². The third kappa shape index (κ3) is 8.53. The number of ether oxygens (including phenoxy) is 1. The molecule has 1 atom stereocenters. The fourth-order valence-electron chi connectivity index (χ4n) is 5.77. The Morgan fingerprint density at radius 3 is 2.13 bits per heavy atom. The quantitative estimate of drug-likeness (QED) is 0.159. The number of rotatable bonds is 13. The number of hydrogen-bond acceptors (Lipinski definition) is 5. The van der Waals surface area contributed by atoms with Crippen molar-refractivity contribution in [1.82, 2.24) is 10.2 Å². The van der Waals surface area contributed by atoms with Crippen molar-refractivity contribution in [2.24, 2.45) is 0 Å². The fourth-order valence-corrected chi connectivity index (χ4v) is 7.38. The number of amides is 2. The zero-order valence-corrected chi connectivity index (χ0v) is 28.2. The zero-order valence-electron chi connectivity index (χ0n) is 26.6. The van der Waals surface area contributed by atoms with E-state index in [1.807, 2.05) is 50.2 Å². The van der Waals surface area contributed by atoms with Gasteiger partial charge >= 0.3 is 0 Å². The van der Waals surface area contributed by atoms with Crippen molar-refractivity contribution in [2.45, 2.75) is 69.5 Å². The second kappa shape index (κ2) is 15.5. The number of nitrogens with one attached hydrogen (secondary N) is 1. The van der Waals surface area contributed by atoms with Gasteiger partial charge in [-0.05, 0) is 86.3 Å². The first-order valence-corrected chi connectivity index (χ1v) is 17.7. The summed E-state index contributed by atoms with van der Waals surface area (Å²) in [7, 11) is -4.21. The van der Waals surface area contributed by atoms with Gasteiger partial charge in [0.25, 0.3) is 10.0 Å². The van der Waals surface area contributed by atoms with E-state index in [1.165, 1.54) is 17.0 Å². The third-order valence-corrected chi connectivity index (χ3v) is 10.5. The number of carbonyl (C=O) groups excluding carboxylic acids is 2. The fraction of sp³-hybridized carbons (Fsp3) is 0.297. The summed E-state index contributed by atoms with van der Waals surface area (Å²) in [6, 6.07) is 28.7. The third-order valence-electron chi connectivity index (χ3n) is 8.38. The smallest absolute Gasteiger partial charge is 0.264 e. The molecule has 1 aliphatic carbocycles. The molecule has 0 heterocycles. The highest BCUT2D eigenvalue weighted by atomic mass is 35.5. The van der Waals surface area contributed by atoms with Crippen LogP contribution in [-0.4, -0.2) is 43.8 Å². The number of benzene rings is 4. The molecule has 4 aromatic rings. The van der Waals surface area contributed by atoms with Gasteiger partial charge in [-0.15, -0.1) is 0 Å². The molecule has 1 N–H and O–H groups in total. The Bertz CT molecular complexity index is 1760. The largest absolute Gasteiger partial charge is 0.457 e. The normalized spacial score (nSPS) is 13.9. The molecule has 1 aliphatic rings. The first-order valence-electron chi connectivity index (χ1n) is 15.9. The van der Waals surface area contributed by atoms with E-state index in [0.717, 1.165) is 35.6 Å². The Balaban J connectivity index is 1.50. The molecule has 0 saturated heterocycles. The zero-order chi connectivity index (χ0) is 33.4. The lowest BCUT2D eigenvalue weighted by atomic mass is 10.1. The number of anilines is 1. The maximum absolute atomic E-state index is 14.4. The second-order valence-electron chi connectivity index (χ2n) is 11.8. The van der Waals surface area contributed by atoms with E-state index in [1.54, 1.807) is 54.6 Å². The molecule has 0 unspecified atom stereocenters. The van der Waals surface area contributed by atoms with Crippen LogP contribution in [0, 0.1) is 6.92 Å². The molecule has 1 fully saturated rings. The van der Waals surface area contributed by atoms with Gasteiger partial charge in [-0.3, -0.25) is 13.9 Å². The molecule has 246 valence electrons. The van der Waals surface area contributed by atoms with Crippen molar-refractivity contribution in [3.8, 4) is 11.5 Å². The molecule has 4 aromatic carbocycles. The maximum atomic E-state index is 14.4. The highest BCUT2D eigenvalue weighted by molar-refractivity contribution is 7.92. The van der Waals surface area contributed by atoms with Gasteiger partial charge in [0.2, 0.25) is 11.8 Å². The molecule has 2 amide bonds. The SMILES string of the molecule is CC[C@H](C(=O)NC1CCCC1)N(Cc1ccccc1Cl)C(=O)CN(c1ccc(Oc2ccccc2)cc1)S(=O)(=O)c1ccc(C)cc1. The van der Waals surface area contributed by atoms with Gasteiger partial charge in [-0.1, -0.05) is 85.5 Å². The molecule has 0 aromatic heterocycles. The van der Waals surface area contributed by atoms with Crippen LogP contribution in [0.5, 0.6) is 11.5 Å². The average Bonchev–Trinajstić information content (AvgIpc) is 3.58. The van der Waals surface area contributed by atoms with Crippen LogP contribution in [0.3, 0.4) is 0 Å². The van der Waals surface area contributed by atoms with E-state index in [-0.39, 0.29) is 29.1 Å². The van der Waals surface area contributed by atoms with Crippen LogP contribution in [0.25, 0.3) is 0 Å². The van der Waals surface area contributed by atoms with Gasteiger partial charge < -0.3 is 15.0 Å². The monoisotopic (exact) mass is 673 g/mol. The van der Waals surface area contributed by atoms with Gasteiger partial charge in [0.15, 0.2) is 0 Å². The van der Waals surface area contributed by atoms with E-state index >= 15 is 0 Å². The topological polar surface area (TPSA) is 96.0 Å². The maximum Gasteiger partial charge on any atom is 0.264 e. The van der Waals surface area contributed by atoms with E-state index in [4.69, 9.17) is 16.3 Å². The molecule has 0 bridgehead atoms. The van der Waals surface area contributed by atoms with Crippen LogP contribution < -0.4 is 14.4 Å². The second-order valence-corrected chi connectivity index (χ2v) is 14.0. The summed E-state index contributed by atoms with van der Waals surface area (Å²) in [5.41, 5.74) is 1.84. The highest BCUT2D eigenvalue weighted by Crippen LogP contribution is 2.29. The van der Waals surface area contributed by atoms with Gasteiger partial charge in [-0.2, -0.15) is 0 Å². The minimum absolute atomic E-state index is 0.0391. The van der Waals surface area contributed by atoms with Gasteiger partial charge in [0.1, 0.15) is 24.1 Å². The Hall–Kier alpha value is -4.34. The predicted octanol–water partition coefficient (Wildman–Crippen LogP) is 7.50. The van der Waals surface area contributed by atoms with Crippen LogP contribution in [0.1, 0.15) is 50.2 Å². The van der Waals surface area contributed by atoms with Crippen LogP contribution in [0.2, 0.25) is 5.02 Å². The lowest BCUT2D eigenvalue weighted by Crippen LogP contribution is -2.53. The molecular weight excluding hydrogens is 634 g/mol. The molecule has 8 nitrogen and oxygen atoms in total. The minimum Gasteiger partial charge on any atom is -0.457 e. The van der Waals surface area contributed by atoms with Gasteiger partial charge in [0.05, 0.1) is 10.6 Å². The number of nitrogens with zero attached hydrogens (tertiary/aromatic N) is 2. The number of aryl methyl sites for hydroxylation is 1. The molecule has 1 saturated carbocycles. The van der Waals surface area contributed by atoms with Crippen LogP contribution in [0.4, 0.5) is 5.69 Å². The number of carbonyl (C=O) groups is 2. The molecular formula is C37H40ClN3O5S. The van der Waals surface area contributed by atoms with Crippen molar-refractivity contribution in [3.05, 3.63) is 119 Å². The number of para-hydroxylation sites is 1. The van der Waals surface area contributed by atoms with Crippen LogP contribution in [0.15, 0.2) is 108 Å². The highest BCUT2D eigenvalue weighted by Gasteiger charge is 2.35. The van der Waals surface area contributed by atoms with Crippen molar-refractivity contribution in [3.63, 3.8) is 0 Å². The lowest BCUT2D eigenvalue weighted by molar-refractivity contribution is -0.140. The van der Waals surface area contributed by atoms with E-state index in [2.05, 4.69) is 5.32 Å². The number of hydrogen-bond donors (Lipinski definition) is 1. The van der Waals surface area contributed by atoms with Crippen molar-refractivity contribution >= 4 is 39.1 Å². The van der Waals surface area contributed by atoms with E-state index in [0.29, 0.717) is 28.5 Å². The molecule has 10 heteroatoms. The first-order chi connectivity index (χ1) is 22.7. The first kappa shape index (κ1) is 34.0. The molecule has 0 radical (unpaired) electrons. The van der Waals surface area contributed by atoms with Crippen molar-refractivity contribution in [2.75, 3.05) is 10.8 Å².